The lowest BCUT2D eigenvalue weighted by Gasteiger charge is -2.06. The molecular weight excluding hydrogens is 444 g/mol. The van der Waals surface area contributed by atoms with Crippen LogP contribution in [-0.2, 0) is 0 Å². The predicted octanol–water partition coefficient (Wildman–Crippen LogP) is 5.98. The first kappa shape index (κ1) is 21.5. The fourth-order valence-electron chi connectivity index (χ4n) is 3.60. The third-order valence-corrected chi connectivity index (χ3v) is 6.20. The summed E-state index contributed by atoms with van der Waals surface area (Å²) in [5.41, 5.74) is 4.23. The van der Waals surface area contributed by atoms with Crippen molar-refractivity contribution in [3.05, 3.63) is 111 Å². The molecule has 0 radical (unpaired) electrons. The number of nitrogens with one attached hydrogen (secondary N) is 2. The molecule has 0 spiro atoms. The van der Waals surface area contributed by atoms with E-state index in [0.29, 0.717) is 21.8 Å². The first-order chi connectivity index (χ1) is 16.6. The van der Waals surface area contributed by atoms with Gasteiger partial charge in [0, 0.05) is 33.3 Å². The number of H-pyrrole nitrogens is 1. The number of thiazole rings is 1. The maximum atomic E-state index is 13.1. The molecule has 2 heterocycles. The van der Waals surface area contributed by atoms with Crippen molar-refractivity contribution < 1.29 is 9.59 Å². The fourth-order valence-corrected chi connectivity index (χ4v) is 4.26. The monoisotopic (exact) mass is 464 g/mol. The number of aromatic amines is 1. The number of carbonyl (C=O) groups is 2. The summed E-state index contributed by atoms with van der Waals surface area (Å²) in [5.74, 6) is -0.434. The molecule has 34 heavy (non-hydrogen) atoms. The number of benzene rings is 3. The Morgan fingerprint density at radius 1 is 0.941 bits per heavy atom. The summed E-state index contributed by atoms with van der Waals surface area (Å²) in [6, 6.07) is 22.4. The zero-order chi connectivity index (χ0) is 23.5. The van der Waals surface area contributed by atoms with Crippen LogP contribution in [0.4, 0.5) is 5.69 Å². The molecule has 0 bridgehead atoms. The number of anilines is 1. The highest BCUT2D eigenvalue weighted by atomic mass is 32.1. The Bertz CT molecular complexity index is 1530. The van der Waals surface area contributed by atoms with E-state index >= 15 is 0 Å². The van der Waals surface area contributed by atoms with Gasteiger partial charge >= 0.3 is 0 Å². The van der Waals surface area contributed by atoms with E-state index in [1.807, 2.05) is 55.5 Å². The van der Waals surface area contributed by atoms with Gasteiger partial charge < -0.3 is 5.32 Å². The lowest BCUT2D eigenvalue weighted by Crippen LogP contribution is -2.12. The smallest absolute Gasteiger partial charge is 0.284 e. The van der Waals surface area contributed by atoms with Crippen LogP contribution in [0.5, 0.6) is 0 Å². The zero-order valence-corrected chi connectivity index (χ0v) is 19.1. The molecule has 3 aromatic carbocycles. The maximum Gasteiger partial charge on any atom is 0.284 e. The average Bonchev–Trinajstić information content (AvgIpc) is 3.49. The molecule has 0 fully saturated rings. The van der Waals surface area contributed by atoms with E-state index in [2.05, 4.69) is 20.5 Å². The molecule has 0 unspecified atom stereocenters. The topological polar surface area (TPSA) is 87.7 Å². The highest BCUT2D eigenvalue weighted by molar-refractivity contribution is 7.13. The summed E-state index contributed by atoms with van der Waals surface area (Å²) in [6.45, 7) is 1.90. The Balaban J connectivity index is 1.36. The summed E-state index contributed by atoms with van der Waals surface area (Å²) >= 11 is 1.32. The van der Waals surface area contributed by atoms with E-state index in [0.717, 1.165) is 27.0 Å². The first-order valence-electron chi connectivity index (χ1n) is 10.7. The minimum Gasteiger partial charge on any atom is -0.320 e. The van der Waals surface area contributed by atoms with Gasteiger partial charge in [0.15, 0.2) is 10.8 Å². The van der Waals surface area contributed by atoms with Gasteiger partial charge in [-0.25, -0.2) is 4.98 Å². The van der Waals surface area contributed by atoms with Crippen LogP contribution in [0.25, 0.3) is 23.1 Å². The Hall–Kier alpha value is -4.36. The molecule has 0 aliphatic rings. The van der Waals surface area contributed by atoms with Crippen molar-refractivity contribution in [1.82, 2.24) is 15.2 Å². The zero-order valence-electron chi connectivity index (χ0n) is 18.3. The Morgan fingerprint density at radius 3 is 2.56 bits per heavy atom. The van der Waals surface area contributed by atoms with Gasteiger partial charge in [-0.2, -0.15) is 5.10 Å². The van der Waals surface area contributed by atoms with E-state index in [4.69, 9.17) is 0 Å². The molecule has 0 atom stereocenters. The second-order valence-corrected chi connectivity index (χ2v) is 8.99. The van der Waals surface area contributed by atoms with Crippen LogP contribution < -0.4 is 5.32 Å². The number of hydrogen-bond acceptors (Lipinski definition) is 5. The van der Waals surface area contributed by atoms with Crippen LogP contribution >= 0.6 is 11.3 Å². The molecule has 1 amide bonds. The molecular formula is C27H20N4O2S. The number of fused-ring (bicyclic) bond motifs is 1. The molecule has 2 aromatic heterocycles. The number of hydrogen-bond donors (Lipinski definition) is 2. The van der Waals surface area contributed by atoms with Gasteiger partial charge in [0.1, 0.15) is 0 Å². The van der Waals surface area contributed by atoms with Gasteiger partial charge in [0.25, 0.3) is 5.91 Å². The molecule has 5 rings (SSSR count). The Kier molecular flexibility index (Phi) is 5.84. The van der Waals surface area contributed by atoms with Crippen molar-refractivity contribution >= 4 is 51.8 Å². The Morgan fingerprint density at radius 2 is 1.76 bits per heavy atom. The normalized spacial score (nSPS) is 11.2. The van der Waals surface area contributed by atoms with Crippen LogP contribution in [-0.4, -0.2) is 26.9 Å². The van der Waals surface area contributed by atoms with Crippen LogP contribution in [0.2, 0.25) is 0 Å². The van der Waals surface area contributed by atoms with Gasteiger partial charge in [0.05, 0.1) is 11.2 Å². The Labute approximate surface area is 200 Å². The van der Waals surface area contributed by atoms with E-state index in [-0.39, 0.29) is 11.7 Å². The quantitative estimate of drug-likeness (QED) is 0.303. The van der Waals surface area contributed by atoms with Gasteiger partial charge in [-0.1, -0.05) is 54.6 Å². The second-order valence-electron chi connectivity index (χ2n) is 7.75. The number of rotatable bonds is 6. The highest BCUT2D eigenvalue weighted by Crippen LogP contribution is 2.23. The molecule has 0 aliphatic heterocycles. The molecule has 5 aromatic rings. The SMILES string of the molecule is Cc1cnc(C(=O)Nc2cccc(C(=O)c3ccc4c(/C=C/c5ccccc5)n[nH]c4c3)c2)s1. The van der Waals surface area contributed by atoms with Crippen molar-refractivity contribution in [3.8, 4) is 0 Å². The minimum absolute atomic E-state index is 0.140. The summed E-state index contributed by atoms with van der Waals surface area (Å²) < 4.78 is 0. The van der Waals surface area contributed by atoms with E-state index < -0.39 is 0 Å². The number of nitrogens with zero attached hydrogens (tertiary/aromatic N) is 2. The van der Waals surface area contributed by atoms with Crippen molar-refractivity contribution in [2.45, 2.75) is 6.92 Å². The van der Waals surface area contributed by atoms with E-state index in [1.165, 1.54) is 11.3 Å². The lowest BCUT2D eigenvalue weighted by atomic mass is 10.0. The van der Waals surface area contributed by atoms with Crippen LogP contribution in [0.3, 0.4) is 0 Å². The maximum absolute atomic E-state index is 13.1. The lowest BCUT2D eigenvalue weighted by molar-refractivity contribution is 0.102. The predicted molar refractivity (Wildman–Crippen MR) is 136 cm³/mol. The summed E-state index contributed by atoms with van der Waals surface area (Å²) in [4.78, 5) is 30.6. The molecule has 166 valence electrons. The van der Waals surface area contributed by atoms with Gasteiger partial charge in [0.2, 0.25) is 0 Å². The number of aromatic nitrogens is 3. The largest absolute Gasteiger partial charge is 0.320 e. The summed E-state index contributed by atoms with van der Waals surface area (Å²) in [6.07, 6.45) is 5.61. The minimum atomic E-state index is -0.294. The van der Waals surface area contributed by atoms with E-state index in [1.54, 1.807) is 42.6 Å². The van der Waals surface area contributed by atoms with Crippen molar-refractivity contribution in [2.24, 2.45) is 0 Å². The third-order valence-electron chi connectivity index (χ3n) is 5.29. The number of aryl methyl sites for hydroxylation is 1. The highest BCUT2D eigenvalue weighted by Gasteiger charge is 2.14. The van der Waals surface area contributed by atoms with Gasteiger partial charge in [-0.15, -0.1) is 11.3 Å². The van der Waals surface area contributed by atoms with Crippen molar-refractivity contribution in [1.29, 1.82) is 0 Å². The summed E-state index contributed by atoms with van der Waals surface area (Å²) in [5, 5.41) is 11.5. The molecule has 0 saturated carbocycles. The van der Waals surface area contributed by atoms with Crippen molar-refractivity contribution in [3.63, 3.8) is 0 Å². The van der Waals surface area contributed by atoms with Gasteiger partial charge in [-0.3, -0.25) is 14.7 Å². The average molecular weight is 465 g/mol. The summed E-state index contributed by atoms with van der Waals surface area (Å²) in [7, 11) is 0. The fraction of sp³-hybridized carbons (Fsp3) is 0.0370. The molecule has 0 aliphatic carbocycles. The molecule has 7 heteroatoms. The van der Waals surface area contributed by atoms with Crippen molar-refractivity contribution in [2.75, 3.05) is 5.32 Å². The number of carbonyl (C=O) groups excluding carboxylic acids is 2. The van der Waals surface area contributed by atoms with Crippen LogP contribution in [0.1, 0.15) is 41.9 Å². The standard InChI is InChI=1S/C27H20N4O2S/c1-17-16-28-27(34-17)26(33)29-21-9-5-8-19(14-21)25(32)20-11-12-22-23(30-31-24(22)15-20)13-10-18-6-3-2-4-7-18/h2-16H,1H3,(H,29,33)(H,30,31)/b13-10+. The number of ketones is 1. The molecule has 6 nitrogen and oxygen atoms in total. The van der Waals surface area contributed by atoms with Gasteiger partial charge in [-0.05, 0) is 42.8 Å². The molecule has 2 N–H and O–H groups in total. The number of amides is 1. The molecule has 0 saturated heterocycles. The third kappa shape index (κ3) is 4.55. The first-order valence-corrected chi connectivity index (χ1v) is 11.5. The second kappa shape index (κ2) is 9.25. The van der Waals surface area contributed by atoms with E-state index in [9.17, 15) is 9.59 Å². The van der Waals surface area contributed by atoms with Crippen LogP contribution in [0, 0.1) is 6.92 Å². The van der Waals surface area contributed by atoms with Crippen LogP contribution in [0.15, 0.2) is 79.0 Å².